The SMILES string of the molecule is O=c1nc(Cc2nc(C3=CCCCO3)no2)[nH]c2ccc(-c3cccnc3)cc12. The van der Waals surface area contributed by atoms with E-state index in [1.807, 2.05) is 36.4 Å². The monoisotopic (exact) mass is 387 g/mol. The minimum atomic E-state index is -0.308. The maximum Gasteiger partial charge on any atom is 0.280 e. The number of ether oxygens (including phenoxy) is 1. The number of nitrogens with one attached hydrogen (secondary N) is 1. The second-order valence-electron chi connectivity index (χ2n) is 6.74. The van der Waals surface area contributed by atoms with Gasteiger partial charge in [0.1, 0.15) is 5.82 Å². The minimum absolute atomic E-state index is 0.232. The van der Waals surface area contributed by atoms with Gasteiger partial charge < -0.3 is 14.2 Å². The van der Waals surface area contributed by atoms with E-state index in [-0.39, 0.29) is 12.0 Å². The third-order valence-electron chi connectivity index (χ3n) is 4.70. The van der Waals surface area contributed by atoms with Crippen LogP contribution in [0.5, 0.6) is 0 Å². The molecule has 0 saturated heterocycles. The highest BCUT2D eigenvalue weighted by Crippen LogP contribution is 2.22. The van der Waals surface area contributed by atoms with Crippen LogP contribution in [0.4, 0.5) is 0 Å². The van der Waals surface area contributed by atoms with Gasteiger partial charge >= 0.3 is 0 Å². The molecule has 29 heavy (non-hydrogen) atoms. The van der Waals surface area contributed by atoms with E-state index < -0.39 is 0 Å². The van der Waals surface area contributed by atoms with Gasteiger partial charge in [0.25, 0.3) is 5.56 Å². The summed E-state index contributed by atoms with van der Waals surface area (Å²) in [6.07, 6.45) is 7.57. The molecule has 0 aliphatic carbocycles. The first-order valence-electron chi connectivity index (χ1n) is 9.35. The fourth-order valence-electron chi connectivity index (χ4n) is 3.28. The molecule has 5 rings (SSSR count). The van der Waals surface area contributed by atoms with Crippen LogP contribution >= 0.6 is 0 Å². The van der Waals surface area contributed by atoms with Crippen LogP contribution in [0.2, 0.25) is 0 Å². The van der Waals surface area contributed by atoms with E-state index in [0.717, 1.165) is 24.0 Å². The third kappa shape index (κ3) is 3.52. The Morgan fingerprint density at radius 1 is 1.14 bits per heavy atom. The lowest BCUT2D eigenvalue weighted by Crippen LogP contribution is -2.12. The molecule has 0 unspecified atom stereocenters. The van der Waals surface area contributed by atoms with Crippen molar-refractivity contribution in [1.29, 1.82) is 0 Å². The molecule has 0 bridgehead atoms. The third-order valence-corrected chi connectivity index (χ3v) is 4.70. The Kier molecular flexibility index (Phi) is 4.36. The highest BCUT2D eigenvalue weighted by molar-refractivity contribution is 5.83. The van der Waals surface area contributed by atoms with E-state index in [0.29, 0.717) is 40.8 Å². The van der Waals surface area contributed by atoms with Crippen LogP contribution in [0.25, 0.3) is 27.8 Å². The summed E-state index contributed by atoms with van der Waals surface area (Å²) < 4.78 is 10.8. The summed E-state index contributed by atoms with van der Waals surface area (Å²) in [5.41, 5.74) is 2.24. The molecule has 4 aromatic rings. The summed E-state index contributed by atoms with van der Waals surface area (Å²) in [7, 11) is 0. The number of pyridine rings is 1. The largest absolute Gasteiger partial charge is 0.490 e. The standard InChI is InChI=1S/C21H17N5O3/c27-21-15-10-13(14-4-3-8-22-12-14)6-7-16(15)23-18(24-21)11-19-25-20(26-29-19)17-5-1-2-9-28-17/h3-8,10,12H,1-2,9,11H2,(H,23,24,27). The van der Waals surface area contributed by atoms with Gasteiger partial charge in [0.15, 0.2) is 5.76 Å². The van der Waals surface area contributed by atoms with Crippen molar-refractivity contribution >= 4 is 16.7 Å². The van der Waals surface area contributed by atoms with Crippen molar-refractivity contribution in [3.63, 3.8) is 0 Å². The lowest BCUT2D eigenvalue weighted by Gasteiger charge is -2.10. The molecule has 8 heteroatoms. The molecule has 0 atom stereocenters. The molecular weight excluding hydrogens is 370 g/mol. The molecular formula is C21H17N5O3. The van der Waals surface area contributed by atoms with Gasteiger partial charge in [-0.2, -0.15) is 9.97 Å². The number of allylic oxidation sites excluding steroid dienone is 1. The molecule has 0 amide bonds. The van der Waals surface area contributed by atoms with Crippen LogP contribution in [-0.2, 0) is 11.2 Å². The van der Waals surface area contributed by atoms with Crippen molar-refractivity contribution in [2.24, 2.45) is 0 Å². The summed E-state index contributed by atoms with van der Waals surface area (Å²) in [6, 6.07) is 9.43. The fourth-order valence-corrected chi connectivity index (χ4v) is 3.28. The van der Waals surface area contributed by atoms with Gasteiger partial charge in [-0.05, 0) is 42.7 Å². The van der Waals surface area contributed by atoms with Gasteiger partial charge in [0.2, 0.25) is 11.7 Å². The molecule has 3 aromatic heterocycles. The first-order valence-corrected chi connectivity index (χ1v) is 9.35. The van der Waals surface area contributed by atoms with Crippen molar-refractivity contribution < 1.29 is 9.26 Å². The molecule has 144 valence electrons. The Balaban J connectivity index is 1.44. The molecule has 0 spiro atoms. The Morgan fingerprint density at radius 3 is 2.93 bits per heavy atom. The minimum Gasteiger partial charge on any atom is -0.490 e. The smallest absolute Gasteiger partial charge is 0.280 e. The van der Waals surface area contributed by atoms with E-state index in [1.165, 1.54) is 0 Å². The molecule has 1 aliphatic heterocycles. The van der Waals surface area contributed by atoms with E-state index in [1.54, 1.807) is 12.4 Å². The summed E-state index contributed by atoms with van der Waals surface area (Å²) in [6.45, 7) is 0.649. The van der Waals surface area contributed by atoms with E-state index in [9.17, 15) is 4.79 Å². The number of aromatic amines is 1. The first-order chi connectivity index (χ1) is 14.3. The fraction of sp³-hybridized carbons (Fsp3) is 0.190. The number of nitrogens with zero attached hydrogens (tertiary/aromatic N) is 4. The molecule has 8 nitrogen and oxygen atoms in total. The number of H-pyrrole nitrogens is 1. The maximum absolute atomic E-state index is 12.6. The second kappa shape index (κ2) is 7.31. The zero-order valence-electron chi connectivity index (χ0n) is 15.5. The molecule has 1 aliphatic rings. The number of fused-ring (bicyclic) bond motifs is 1. The molecule has 0 fully saturated rings. The van der Waals surface area contributed by atoms with Crippen LogP contribution in [0, 0.1) is 0 Å². The van der Waals surface area contributed by atoms with E-state index in [4.69, 9.17) is 9.26 Å². The topological polar surface area (TPSA) is 107 Å². The molecule has 0 saturated carbocycles. The summed E-state index contributed by atoms with van der Waals surface area (Å²) in [5, 5.41) is 4.48. The number of hydrogen-bond donors (Lipinski definition) is 1. The van der Waals surface area contributed by atoms with Gasteiger partial charge in [-0.3, -0.25) is 9.78 Å². The van der Waals surface area contributed by atoms with Gasteiger partial charge in [-0.1, -0.05) is 17.3 Å². The van der Waals surface area contributed by atoms with Crippen LogP contribution in [0.3, 0.4) is 0 Å². The summed E-state index contributed by atoms with van der Waals surface area (Å²) in [5.74, 6) is 1.88. The van der Waals surface area contributed by atoms with Crippen molar-refractivity contribution in [2.45, 2.75) is 19.3 Å². The normalized spacial score (nSPS) is 13.9. The Labute approximate surface area is 165 Å². The van der Waals surface area contributed by atoms with Crippen LogP contribution in [0.1, 0.15) is 30.4 Å². The molecule has 1 aromatic carbocycles. The number of hydrogen-bond acceptors (Lipinski definition) is 7. The van der Waals surface area contributed by atoms with Crippen molar-refractivity contribution in [1.82, 2.24) is 25.1 Å². The second-order valence-corrected chi connectivity index (χ2v) is 6.74. The predicted octanol–water partition coefficient (Wildman–Crippen LogP) is 3.11. The van der Waals surface area contributed by atoms with Crippen LogP contribution in [0.15, 0.2) is 58.1 Å². The Morgan fingerprint density at radius 2 is 2.10 bits per heavy atom. The van der Waals surface area contributed by atoms with E-state index in [2.05, 4.69) is 25.1 Å². The first kappa shape index (κ1) is 17.3. The van der Waals surface area contributed by atoms with Gasteiger partial charge in [-0.15, -0.1) is 0 Å². The Bertz CT molecular complexity index is 1260. The average Bonchev–Trinajstić information content (AvgIpc) is 3.23. The lowest BCUT2D eigenvalue weighted by atomic mass is 10.1. The molecule has 0 radical (unpaired) electrons. The number of aromatic nitrogens is 5. The zero-order valence-corrected chi connectivity index (χ0v) is 15.5. The van der Waals surface area contributed by atoms with Gasteiger partial charge in [0.05, 0.1) is 23.9 Å². The molecule has 4 heterocycles. The van der Waals surface area contributed by atoms with Gasteiger partial charge in [-0.25, -0.2) is 0 Å². The summed E-state index contributed by atoms with van der Waals surface area (Å²) in [4.78, 5) is 28.4. The van der Waals surface area contributed by atoms with Crippen LogP contribution in [-0.4, -0.2) is 31.7 Å². The van der Waals surface area contributed by atoms with Gasteiger partial charge in [0, 0.05) is 18.0 Å². The van der Waals surface area contributed by atoms with E-state index >= 15 is 0 Å². The van der Waals surface area contributed by atoms with Crippen LogP contribution < -0.4 is 5.56 Å². The lowest BCUT2D eigenvalue weighted by molar-refractivity contribution is 0.254. The maximum atomic E-state index is 12.6. The number of benzene rings is 1. The highest BCUT2D eigenvalue weighted by atomic mass is 16.5. The zero-order chi connectivity index (χ0) is 19.6. The quantitative estimate of drug-likeness (QED) is 0.573. The number of rotatable bonds is 4. The average molecular weight is 387 g/mol. The van der Waals surface area contributed by atoms with Crippen molar-refractivity contribution in [2.75, 3.05) is 6.61 Å². The summed E-state index contributed by atoms with van der Waals surface area (Å²) >= 11 is 0. The van der Waals surface area contributed by atoms with Crippen molar-refractivity contribution in [3.05, 3.63) is 76.7 Å². The highest BCUT2D eigenvalue weighted by Gasteiger charge is 2.16. The predicted molar refractivity (Wildman–Crippen MR) is 106 cm³/mol. The Hall–Kier alpha value is -3.81. The molecule has 1 N–H and O–H groups in total. The van der Waals surface area contributed by atoms with Crippen molar-refractivity contribution in [3.8, 4) is 11.1 Å².